The molecular weight excluding hydrogens is 553 g/mol. The van der Waals surface area contributed by atoms with Crippen molar-refractivity contribution in [2.24, 2.45) is 0 Å². The van der Waals surface area contributed by atoms with Crippen LogP contribution in [0, 0.1) is 0 Å². The first-order valence-corrected chi connectivity index (χ1v) is 14.6. The highest BCUT2D eigenvalue weighted by molar-refractivity contribution is 6.32. The Morgan fingerprint density at radius 1 is 0.326 bits per heavy atom. The van der Waals surface area contributed by atoms with E-state index >= 15 is 0 Å². The first-order chi connectivity index (χ1) is 30.3. The van der Waals surface area contributed by atoms with E-state index in [0.29, 0.717) is 10.9 Å². The fourth-order valence-corrected chi connectivity index (χ4v) is 6.77. The van der Waals surface area contributed by atoms with Crippen LogP contribution >= 0.6 is 0 Å². The van der Waals surface area contributed by atoms with Crippen molar-refractivity contribution in [1.29, 1.82) is 0 Å². The third-order valence-electron chi connectivity index (χ3n) is 8.68. The Kier molecular flexibility index (Phi) is 2.88. The average molecular weight is 599 g/mol. The van der Waals surface area contributed by atoms with Crippen molar-refractivity contribution in [2.45, 2.75) is 0 Å². The molecule has 0 spiro atoms. The summed E-state index contributed by atoms with van der Waals surface area (Å²) in [5.41, 5.74) is -1.54. The van der Waals surface area contributed by atoms with E-state index in [1.807, 2.05) is 48.5 Å². The van der Waals surface area contributed by atoms with Crippen LogP contribution in [0.2, 0.25) is 0 Å². The molecule has 0 radical (unpaired) electrons. The molecule has 0 amide bonds. The third kappa shape index (κ3) is 3.62. The first kappa shape index (κ1) is 13.6. The lowest BCUT2D eigenvalue weighted by atomic mass is 9.81. The summed E-state index contributed by atoms with van der Waals surface area (Å²) in [5, 5.41) is 3.13. The van der Waals surface area contributed by atoms with Gasteiger partial charge in [-0.25, -0.2) is 0 Å². The highest BCUT2D eigenvalue weighted by Gasteiger charge is 2.21. The van der Waals surface area contributed by atoms with Gasteiger partial charge in [-0.3, -0.25) is 0 Å². The van der Waals surface area contributed by atoms with E-state index in [9.17, 15) is 9.60 Å². The van der Waals surface area contributed by atoms with E-state index in [2.05, 4.69) is 0 Å². The number of fused-ring (bicyclic) bond motifs is 4. The highest BCUT2D eigenvalue weighted by atomic mass is 14.2. The number of hydrogen-bond acceptors (Lipinski definition) is 0. The number of rotatable bonds is 3. The van der Waals surface area contributed by atoms with E-state index in [1.54, 1.807) is 6.07 Å². The molecule has 0 aromatic heterocycles. The Balaban J connectivity index is 1.57. The largest absolute Gasteiger partial charge is 0.0636 e. The van der Waals surface area contributed by atoms with Gasteiger partial charge in [-0.1, -0.05) is 163 Å². The van der Waals surface area contributed by atoms with Crippen molar-refractivity contribution in [3.63, 3.8) is 0 Å². The van der Waals surface area contributed by atoms with E-state index < -0.39 is 125 Å². The molecule has 0 aliphatic rings. The van der Waals surface area contributed by atoms with Gasteiger partial charge in [-0.05, 0) is 104 Å². The summed E-state index contributed by atoms with van der Waals surface area (Å²) in [6.07, 6.45) is 0. The van der Waals surface area contributed by atoms with Crippen molar-refractivity contribution >= 4 is 64.6 Å². The van der Waals surface area contributed by atoms with Crippen molar-refractivity contribution in [3.05, 3.63) is 169 Å². The average Bonchev–Trinajstić information content (AvgIpc) is 3.28. The summed E-state index contributed by atoms with van der Waals surface area (Å²) in [6, 6.07) is 5.46. The highest BCUT2D eigenvalue weighted by Crippen LogP contribution is 2.49. The van der Waals surface area contributed by atoms with Crippen LogP contribution in [-0.4, -0.2) is 0 Å². The van der Waals surface area contributed by atoms with Gasteiger partial charge in [0.05, 0.1) is 24.7 Å². The quantitative estimate of drug-likeness (QED) is 0.140. The molecule has 0 saturated heterocycles. The van der Waals surface area contributed by atoms with Crippen LogP contribution in [0.3, 0.4) is 0 Å². The van der Waals surface area contributed by atoms with Crippen molar-refractivity contribution in [1.82, 2.24) is 0 Å². The van der Waals surface area contributed by atoms with E-state index in [1.165, 1.54) is 0 Å². The predicted octanol–water partition coefficient (Wildman–Crippen LogP) is 13.0. The van der Waals surface area contributed by atoms with E-state index in [0.717, 1.165) is 33.0 Å². The molecule has 0 bridgehead atoms. The summed E-state index contributed by atoms with van der Waals surface area (Å²) in [7, 11) is 0. The standard InChI is InChI=1S/C46H28/c1-2-10-29(11-3-1)34-15-9-16-35(28-34)43-37-18-6-7-19-38(37)46(45-36-17-5-4-12-30(36)22-27-41(43)45)40-26-24-33-21-20-31-13-8-14-32-23-25-39(40)44(33)42(31)32/h1-28H/i1D,2D,3D,4D,5D,6D,7D,9D,10D,12D,15D,16D,17D,18D,19D,22D,27D,28D. The van der Waals surface area contributed by atoms with Gasteiger partial charge in [0.15, 0.2) is 0 Å². The summed E-state index contributed by atoms with van der Waals surface area (Å²) in [5.74, 6) is 0. The molecular formula is C46H28. The van der Waals surface area contributed by atoms with Crippen LogP contribution < -0.4 is 0 Å². The molecule has 0 heteroatoms. The molecule has 0 heterocycles. The molecule has 0 unspecified atom stereocenters. The predicted molar refractivity (Wildman–Crippen MR) is 199 cm³/mol. The lowest BCUT2D eigenvalue weighted by Crippen LogP contribution is -1.94. The third-order valence-corrected chi connectivity index (χ3v) is 8.68. The van der Waals surface area contributed by atoms with Gasteiger partial charge in [0, 0.05) is 0 Å². The molecule has 0 atom stereocenters. The van der Waals surface area contributed by atoms with Gasteiger partial charge in [-0.2, -0.15) is 0 Å². The van der Waals surface area contributed by atoms with Crippen LogP contribution in [0.5, 0.6) is 0 Å². The minimum absolute atomic E-state index is 0.0147. The molecule has 0 N–H and O–H groups in total. The molecule has 46 heavy (non-hydrogen) atoms. The second-order valence-corrected chi connectivity index (χ2v) is 11.0. The fraction of sp³-hybridized carbons (Fsp3) is 0. The smallest absolute Gasteiger partial charge is 0.0622 e. The topological polar surface area (TPSA) is 0 Å². The number of hydrogen-bond donors (Lipinski definition) is 0. The minimum atomic E-state index is -0.827. The monoisotopic (exact) mass is 598 g/mol. The molecule has 10 aromatic rings. The zero-order chi connectivity index (χ0) is 45.9. The Hall–Kier alpha value is -5.98. The molecule has 0 aliphatic heterocycles. The molecule has 0 saturated carbocycles. The summed E-state index contributed by atoms with van der Waals surface area (Å²) in [6.45, 7) is 0. The summed E-state index contributed by atoms with van der Waals surface area (Å²) < 4.78 is 163. The Bertz CT molecular complexity index is 3800. The minimum Gasteiger partial charge on any atom is -0.0622 e. The second kappa shape index (κ2) is 9.76. The second-order valence-electron chi connectivity index (χ2n) is 11.0. The van der Waals surface area contributed by atoms with Crippen molar-refractivity contribution in [2.75, 3.05) is 0 Å². The molecule has 0 nitrogen and oxygen atoms in total. The normalized spacial score (nSPS) is 17.4. The maximum absolute atomic E-state index is 9.77. The van der Waals surface area contributed by atoms with Gasteiger partial charge in [0.1, 0.15) is 0 Å². The van der Waals surface area contributed by atoms with Crippen molar-refractivity contribution in [3.8, 4) is 33.4 Å². The molecule has 10 rings (SSSR count). The lowest BCUT2D eigenvalue weighted by molar-refractivity contribution is 1.61. The van der Waals surface area contributed by atoms with Crippen LogP contribution in [0.1, 0.15) is 24.7 Å². The van der Waals surface area contributed by atoms with Gasteiger partial charge in [0.2, 0.25) is 0 Å². The zero-order valence-corrected chi connectivity index (χ0v) is 23.8. The Labute approximate surface area is 292 Å². The van der Waals surface area contributed by atoms with Crippen LogP contribution in [0.4, 0.5) is 0 Å². The van der Waals surface area contributed by atoms with Gasteiger partial charge < -0.3 is 0 Å². The summed E-state index contributed by atoms with van der Waals surface area (Å²) >= 11 is 0. The van der Waals surface area contributed by atoms with Crippen molar-refractivity contribution < 1.29 is 24.7 Å². The molecule has 0 aliphatic carbocycles. The first-order valence-electron chi connectivity index (χ1n) is 23.6. The molecule has 10 aromatic carbocycles. The fourth-order valence-electron chi connectivity index (χ4n) is 6.77. The number of benzene rings is 10. The maximum atomic E-state index is 9.77. The van der Waals surface area contributed by atoms with E-state index in [4.69, 9.17) is 15.1 Å². The van der Waals surface area contributed by atoms with Crippen LogP contribution in [0.15, 0.2) is 169 Å². The van der Waals surface area contributed by atoms with Gasteiger partial charge in [0.25, 0.3) is 0 Å². The van der Waals surface area contributed by atoms with Crippen LogP contribution in [-0.2, 0) is 0 Å². The van der Waals surface area contributed by atoms with Crippen LogP contribution in [0.25, 0.3) is 98.0 Å². The Morgan fingerprint density at radius 3 is 1.87 bits per heavy atom. The van der Waals surface area contributed by atoms with Gasteiger partial charge in [-0.15, -0.1) is 0 Å². The van der Waals surface area contributed by atoms with E-state index in [-0.39, 0.29) is 43.4 Å². The molecule has 212 valence electrons. The van der Waals surface area contributed by atoms with Gasteiger partial charge >= 0.3 is 0 Å². The molecule has 0 fully saturated rings. The summed E-state index contributed by atoms with van der Waals surface area (Å²) in [4.78, 5) is 0. The Morgan fingerprint density at radius 2 is 1.00 bits per heavy atom. The zero-order valence-electron chi connectivity index (χ0n) is 41.8. The SMILES string of the molecule is [2H]c1cc(-c2c([2H])c([2H])c([2H])c(-c3c4c([2H])c([2H])c([2H])c([2H])c4c(-c4ccc5ccc6cccc7ccc4c5c67)c4c3c([2H])c([2H])c3c([2H])c([2H])c([2H])c([2H])c34)c2[2H])c([2H])c([2H])c1[2H]. The maximum Gasteiger partial charge on any atom is 0.0636 e. The lowest BCUT2D eigenvalue weighted by Gasteiger charge is -2.21.